The van der Waals surface area contributed by atoms with E-state index < -0.39 is 10.9 Å². The molecule has 0 aliphatic rings. The molecule has 0 unspecified atom stereocenters. The number of nitro benzene ring substituents is 1. The number of ether oxygens (including phenoxy) is 1. The van der Waals surface area contributed by atoms with Gasteiger partial charge < -0.3 is 4.74 Å². The Morgan fingerprint density at radius 3 is 2.89 bits per heavy atom. The Bertz CT molecular complexity index is 459. The van der Waals surface area contributed by atoms with Gasteiger partial charge in [0.15, 0.2) is 0 Å². The molecule has 0 amide bonds. The largest absolute Gasteiger partial charge is 0.463 e. The van der Waals surface area contributed by atoms with Crippen molar-refractivity contribution >= 4 is 23.4 Å². The van der Waals surface area contributed by atoms with Gasteiger partial charge in [0.2, 0.25) is 0 Å². The lowest BCUT2D eigenvalue weighted by molar-refractivity contribution is -0.387. The third kappa shape index (κ3) is 4.58. The van der Waals surface area contributed by atoms with Gasteiger partial charge in [-0.2, -0.15) is 0 Å². The minimum Gasteiger partial charge on any atom is -0.463 e. The Kier molecular flexibility index (Phi) is 5.93. The molecule has 0 saturated heterocycles. The van der Waals surface area contributed by atoms with Gasteiger partial charge in [-0.3, -0.25) is 10.1 Å². The normalized spacial score (nSPS) is 10.5. The number of nitrogens with zero attached hydrogens (tertiary/aromatic N) is 1. The first-order valence-electron chi connectivity index (χ1n) is 5.34. The molecule has 5 nitrogen and oxygen atoms in total. The van der Waals surface area contributed by atoms with Crippen LogP contribution in [0.3, 0.4) is 0 Å². The summed E-state index contributed by atoms with van der Waals surface area (Å²) in [7, 11) is 0. The van der Waals surface area contributed by atoms with Crippen LogP contribution in [0.5, 0.6) is 0 Å². The summed E-state index contributed by atoms with van der Waals surface area (Å²) in [6.07, 6.45) is 2.95. The summed E-state index contributed by atoms with van der Waals surface area (Å²) < 4.78 is 4.71. The van der Waals surface area contributed by atoms with Crippen molar-refractivity contribution in [3.05, 3.63) is 46.5 Å². The number of benzene rings is 1. The Morgan fingerprint density at radius 1 is 1.50 bits per heavy atom. The average Bonchev–Trinajstić information content (AvgIpc) is 2.35. The second kappa shape index (κ2) is 7.50. The summed E-state index contributed by atoms with van der Waals surface area (Å²) in [6.45, 7) is 2.06. The summed E-state index contributed by atoms with van der Waals surface area (Å²) in [6, 6.07) is 6.50. The Hall–Kier alpha value is -1.82. The number of thioether (sulfide) groups is 1. The molecule has 0 aliphatic heterocycles. The van der Waals surface area contributed by atoms with Gasteiger partial charge in [-0.25, -0.2) is 4.79 Å². The van der Waals surface area contributed by atoms with Crippen molar-refractivity contribution in [1.29, 1.82) is 0 Å². The maximum absolute atomic E-state index is 11.0. The molecule has 0 saturated carbocycles. The monoisotopic (exact) mass is 267 g/mol. The molecule has 0 spiro atoms. The quantitative estimate of drug-likeness (QED) is 0.260. The second-order valence-electron chi connectivity index (χ2n) is 3.19. The maximum atomic E-state index is 11.0. The Labute approximate surface area is 109 Å². The smallest absolute Gasteiger partial charge is 0.330 e. The minimum atomic E-state index is -0.419. The molecule has 0 aromatic heterocycles. The first kappa shape index (κ1) is 14.2. The fraction of sp³-hybridized carbons (Fsp3) is 0.250. The van der Waals surface area contributed by atoms with Crippen LogP contribution in [-0.4, -0.2) is 23.3 Å². The highest BCUT2D eigenvalue weighted by Gasteiger charge is 2.11. The zero-order chi connectivity index (χ0) is 13.4. The molecule has 96 valence electrons. The van der Waals surface area contributed by atoms with Gasteiger partial charge in [-0.15, -0.1) is 11.8 Å². The van der Waals surface area contributed by atoms with Crippen LogP contribution in [-0.2, 0) is 9.53 Å². The van der Waals surface area contributed by atoms with Crippen LogP contribution in [0.25, 0.3) is 0 Å². The van der Waals surface area contributed by atoms with Gasteiger partial charge in [0, 0.05) is 17.9 Å². The highest BCUT2D eigenvalue weighted by Crippen LogP contribution is 2.28. The molecular formula is C12H13NO4S. The van der Waals surface area contributed by atoms with E-state index in [1.165, 1.54) is 23.9 Å². The van der Waals surface area contributed by atoms with Gasteiger partial charge in [-0.05, 0) is 13.0 Å². The molecule has 0 heterocycles. The predicted molar refractivity (Wildman–Crippen MR) is 69.6 cm³/mol. The van der Waals surface area contributed by atoms with Gasteiger partial charge in [0.1, 0.15) is 0 Å². The van der Waals surface area contributed by atoms with E-state index in [1.807, 2.05) is 0 Å². The van der Waals surface area contributed by atoms with Crippen LogP contribution in [0, 0.1) is 10.1 Å². The van der Waals surface area contributed by atoms with E-state index in [1.54, 1.807) is 31.2 Å². The number of nitro groups is 1. The van der Waals surface area contributed by atoms with E-state index in [9.17, 15) is 14.9 Å². The second-order valence-corrected chi connectivity index (χ2v) is 4.25. The number of esters is 1. The number of carbonyl (C=O) groups excluding carboxylic acids is 1. The van der Waals surface area contributed by atoms with E-state index >= 15 is 0 Å². The zero-order valence-electron chi connectivity index (χ0n) is 9.87. The van der Waals surface area contributed by atoms with E-state index in [2.05, 4.69) is 0 Å². The minimum absolute atomic E-state index is 0.0760. The van der Waals surface area contributed by atoms with Crippen molar-refractivity contribution in [2.24, 2.45) is 0 Å². The van der Waals surface area contributed by atoms with Gasteiger partial charge in [0.05, 0.1) is 16.4 Å². The fourth-order valence-electron chi connectivity index (χ4n) is 1.20. The van der Waals surface area contributed by atoms with Crippen molar-refractivity contribution in [1.82, 2.24) is 0 Å². The molecule has 18 heavy (non-hydrogen) atoms. The summed E-state index contributed by atoms with van der Waals surface area (Å²) >= 11 is 1.30. The van der Waals surface area contributed by atoms with Crippen LogP contribution in [0.4, 0.5) is 5.69 Å². The Morgan fingerprint density at radius 2 is 2.22 bits per heavy atom. The third-order valence-electron chi connectivity index (χ3n) is 1.94. The third-order valence-corrected chi connectivity index (χ3v) is 2.95. The lowest BCUT2D eigenvalue weighted by Crippen LogP contribution is -1.98. The number of hydrogen-bond acceptors (Lipinski definition) is 5. The molecule has 0 radical (unpaired) electrons. The summed E-state index contributed by atoms with van der Waals surface area (Å²) in [5.41, 5.74) is 0.0760. The molecule has 1 rings (SSSR count). The number of para-hydroxylation sites is 1. The van der Waals surface area contributed by atoms with Crippen molar-refractivity contribution in [2.45, 2.75) is 11.8 Å². The lowest BCUT2D eigenvalue weighted by atomic mass is 10.3. The first-order chi connectivity index (χ1) is 8.65. The van der Waals surface area contributed by atoms with Crippen molar-refractivity contribution in [3.63, 3.8) is 0 Å². The SMILES string of the molecule is CCOC(=O)/C=C/CSc1ccccc1[N+](=O)[O-]. The summed E-state index contributed by atoms with van der Waals surface area (Å²) in [4.78, 5) is 21.9. The maximum Gasteiger partial charge on any atom is 0.330 e. The van der Waals surface area contributed by atoms with Gasteiger partial charge in [-0.1, -0.05) is 18.2 Å². The topological polar surface area (TPSA) is 69.4 Å². The average molecular weight is 267 g/mol. The molecule has 0 N–H and O–H groups in total. The van der Waals surface area contributed by atoms with E-state index in [0.29, 0.717) is 17.3 Å². The molecule has 0 fully saturated rings. The molecule has 0 aliphatic carbocycles. The van der Waals surface area contributed by atoms with Gasteiger partial charge in [0.25, 0.3) is 5.69 Å². The van der Waals surface area contributed by atoms with E-state index in [-0.39, 0.29) is 5.69 Å². The molecule has 1 aromatic rings. The molecule has 0 atom stereocenters. The van der Waals surface area contributed by atoms with E-state index in [4.69, 9.17) is 4.74 Å². The fourth-order valence-corrected chi connectivity index (χ4v) is 2.04. The van der Waals surface area contributed by atoms with Crippen molar-refractivity contribution in [2.75, 3.05) is 12.4 Å². The summed E-state index contributed by atoms with van der Waals surface area (Å²) in [5, 5.41) is 10.7. The number of carbonyl (C=O) groups is 1. The van der Waals surface area contributed by atoms with Crippen LogP contribution < -0.4 is 0 Å². The standard InChI is InChI=1S/C12H13NO4S/c1-2-17-12(14)8-5-9-18-11-7-4-3-6-10(11)13(15)16/h3-8H,2,9H2,1H3/b8-5+. The van der Waals surface area contributed by atoms with Gasteiger partial charge >= 0.3 is 5.97 Å². The molecule has 0 bridgehead atoms. The highest BCUT2D eigenvalue weighted by molar-refractivity contribution is 7.99. The number of rotatable bonds is 6. The van der Waals surface area contributed by atoms with Crippen LogP contribution in [0.2, 0.25) is 0 Å². The first-order valence-corrected chi connectivity index (χ1v) is 6.33. The van der Waals surface area contributed by atoms with Crippen LogP contribution >= 0.6 is 11.8 Å². The zero-order valence-corrected chi connectivity index (χ0v) is 10.7. The van der Waals surface area contributed by atoms with Crippen molar-refractivity contribution in [3.8, 4) is 0 Å². The van der Waals surface area contributed by atoms with Crippen LogP contribution in [0.1, 0.15) is 6.92 Å². The predicted octanol–water partition coefficient (Wildman–Crippen LogP) is 2.81. The number of hydrogen-bond donors (Lipinski definition) is 0. The van der Waals surface area contributed by atoms with Crippen LogP contribution in [0.15, 0.2) is 41.3 Å². The van der Waals surface area contributed by atoms with E-state index in [0.717, 1.165) is 0 Å². The van der Waals surface area contributed by atoms with Crippen molar-refractivity contribution < 1.29 is 14.5 Å². The summed E-state index contributed by atoms with van der Waals surface area (Å²) in [5.74, 6) is 0.0737. The highest BCUT2D eigenvalue weighted by atomic mass is 32.2. The molecular weight excluding hydrogens is 254 g/mol. The molecule has 6 heteroatoms. The Balaban J connectivity index is 2.54. The lowest BCUT2D eigenvalue weighted by Gasteiger charge is -1.99. The molecule has 1 aromatic carbocycles.